The quantitative estimate of drug-likeness (QED) is 0.812. The van der Waals surface area contributed by atoms with Crippen LogP contribution in [0.1, 0.15) is 46.5 Å². The lowest BCUT2D eigenvalue weighted by Gasteiger charge is -2.22. The Kier molecular flexibility index (Phi) is 4.62. The van der Waals surface area contributed by atoms with E-state index in [1.165, 1.54) is 6.42 Å². The molecule has 2 aliphatic heterocycles. The molecular weight excluding hydrogens is 228 g/mol. The van der Waals surface area contributed by atoms with Gasteiger partial charge in [0, 0.05) is 13.2 Å². The minimum atomic E-state index is 0.00879. The van der Waals surface area contributed by atoms with Crippen molar-refractivity contribution in [3.63, 3.8) is 0 Å². The molecule has 4 unspecified atom stereocenters. The van der Waals surface area contributed by atoms with Crippen molar-refractivity contribution < 1.29 is 9.53 Å². The molecule has 4 nitrogen and oxygen atoms in total. The monoisotopic (exact) mass is 254 g/mol. The minimum absolute atomic E-state index is 0.00879. The zero-order valence-electron chi connectivity index (χ0n) is 11.8. The molecule has 0 aliphatic carbocycles. The van der Waals surface area contributed by atoms with Gasteiger partial charge < -0.3 is 9.64 Å². The summed E-state index contributed by atoms with van der Waals surface area (Å²) >= 11 is 0. The van der Waals surface area contributed by atoms with Gasteiger partial charge >= 0.3 is 0 Å². The number of carbonyl (C=O) groups is 1. The van der Waals surface area contributed by atoms with Gasteiger partial charge in [0.2, 0.25) is 5.91 Å². The van der Waals surface area contributed by atoms with Crippen LogP contribution in [0.15, 0.2) is 0 Å². The minimum Gasteiger partial charge on any atom is -0.378 e. The summed E-state index contributed by atoms with van der Waals surface area (Å²) < 4.78 is 5.62. The van der Waals surface area contributed by atoms with Crippen molar-refractivity contribution in [2.45, 2.75) is 64.8 Å². The van der Waals surface area contributed by atoms with Gasteiger partial charge in [0.15, 0.2) is 0 Å². The van der Waals surface area contributed by atoms with Crippen LogP contribution in [-0.4, -0.2) is 42.3 Å². The average molecular weight is 254 g/mol. The van der Waals surface area contributed by atoms with Crippen molar-refractivity contribution >= 4 is 5.91 Å². The Morgan fingerprint density at radius 1 is 1.56 bits per heavy atom. The van der Waals surface area contributed by atoms with Gasteiger partial charge in [-0.05, 0) is 32.1 Å². The van der Waals surface area contributed by atoms with Crippen LogP contribution < -0.4 is 5.32 Å². The summed E-state index contributed by atoms with van der Waals surface area (Å²) in [5, 5.41) is 3.42. The summed E-state index contributed by atoms with van der Waals surface area (Å²) in [4.78, 5) is 14.3. The molecule has 4 heteroatoms. The maximum absolute atomic E-state index is 12.3. The Hall–Kier alpha value is -0.610. The average Bonchev–Trinajstić information content (AvgIpc) is 2.96. The third-order valence-electron chi connectivity index (χ3n) is 4.37. The first-order chi connectivity index (χ1) is 8.63. The van der Waals surface area contributed by atoms with Crippen LogP contribution >= 0.6 is 0 Å². The zero-order valence-corrected chi connectivity index (χ0v) is 11.8. The molecule has 2 rings (SSSR count). The molecule has 1 amide bonds. The standard InChI is InChI=1S/C14H26N2O2/c1-4-10(2)13-14(17)16(11(3)15-13)8-7-12-6-5-9-18-12/h10-13,15H,4-9H2,1-3H3. The molecule has 2 fully saturated rings. The van der Waals surface area contributed by atoms with Crippen LogP contribution in [0, 0.1) is 5.92 Å². The van der Waals surface area contributed by atoms with E-state index in [-0.39, 0.29) is 18.1 Å². The Bertz CT molecular complexity index is 290. The van der Waals surface area contributed by atoms with Gasteiger partial charge in [-0.15, -0.1) is 0 Å². The SMILES string of the molecule is CCC(C)C1NC(C)N(CCC2CCCO2)C1=O. The molecule has 0 aromatic heterocycles. The normalized spacial score (nSPS) is 34.3. The third-order valence-corrected chi connectivity index (χ3v) is 4.37. The van der Waals surface area contributed by atoms with E-state index < -0.39 is 0 Å². The lowest BCUT2D eigenvalue weighted by molar-refractivity contribution is -0.131. The van der Waals surface area contributed by atoms with Crippen LogP contribution in [0.25, 0.3) is 0 Å². The second-order valence-electron chi connectivity index (χ2n) is 5.66. The molecule has 0 spiro atoms. The van der Waals surface area contributed by atoms with Crippen molar-refractivity contribution in [3.05, 3.63) is 0 Å². The maximum Gasteiger partial charge on any atom is 0.241 e. The first kappa shape index (κ1) is 13.8. The van der Waals surface area contributed by atoms with Gasteiger partial charge in [-0.1, -0.05) is 20.3 Å². The number of hydrogen-bond donors (Lipinski definition) is 1. The van der Waals surface area contributed by atoms with E-state index in [4.69, 9.17) is 4.74 Å². The largest absolute Gasteiger partial charge is 0.378 e. The number of nitrogens with one attached hydrogen (secondary N) is 1. The van der Waals surface area contributed by atoms with Crippen LogP contribution in [0.5, 0.6) is 0 Å². The number of amides is 1. The molecule has 0 aromatic carbocycles. The highest BCUT2D eigenvalue weighted by atomic mass is 16.5. The van der Waals surface area contributed by atoms with Crippen molar-refractivity contribution in [2.75, 3.05) is 13.2 Å². The summed E-state index contributed by atoms with van der Waals surface area (Å²) in [6.07, 6.45) is 4.87. The van der Waals surface area contributed by atoms with E-state index in [1.54, 1.807) is 0 Å². The molecule has 0 bridgehead atoms. The Balaban J connectivity index is 1.86. The van der Waals surface area contributed by atoms with Crippen molar-refractivity contribution in [1.82, 2.24) is 10.2 Å². The second-order valence-corrected chi connectivity index (χ2v) is 5.66. The fourth-order valence-electron chi connectivity index (χ4n) is 2.89. The van der Waals surface area contributed by atoms with Gasteiger partial charge in [-0.3, -0.25) is 10.1 Å². The summed E-state index contributed by atoms with van der Waals surface area (Å²) in [7, 11) is 0. The highest BCUT2D eigenvalue weighted by molar-refractivity contribution is 5.84. The Labute approximate surface area is 110 Å². The van der Waals surface area contributed by atoms with Crippen LogP contribution in [0.4, 0.5) is 0 Å². The molecule has 0 aromatic rings. The van der Waals surface area contributed by atoms with E-state index in [0.717, 1.165) is 32.4 Å². The molecule has 0 saturated carbocycles. The van der Waals surface area contributed by atoms with Gasteiger partial charge in [0.25, 0.3) is 0 Å². The van der Waals surface area contributed by atoms with E-state index >= 15 is 0 Å². The smallest absolute Gasteiger partial charge is 0.241 e. The summed E-state index contributed by atoms with van der Waals surface area (Å²) in [6, 6.07) is 0.00879. The number of carbonyl (C=O) groups excluding carboxylic acids is 1. The van der Waals surface area contributed by atoms with Crippen molar-refractivity contribution in [2.24, 2.45) is 5.92 Å². The fourth-order valence-corrected chi connectivity index (χ4v) is 2.89. The van der Waals surface area contributed by atoms with E-state index in [0.29, 0.717) is 12.0 Å². The van der Waals surface area contributed by atoms with Gasteiger partial charge in [-0.2, -0.15) is 0 Å². The molecule has 104 valence electrons. The van der Waals surface area contributed by atoms with Crippen molar-refractivity contribution in [3.8, 4) is 0 Å². The summed E-state index contributed by atoms with van der Waals surface area (Å²) in [5.74, 6) is 0.683. The predicted molar refractivity (Wildman–Crippen MR) is 71.1 cm³/mol. The first-order valence-corrected chi connectivity index (χ1v) is 7.31. The number of hydrogen-bond acceptors (Lipinski definition) is 3. The Morgan fingerprint density at radius 2 is 2.33 bits per heavy atom. The highest BCUT2D eigenvalue weighted by Gasteiger charge is 2.38. The lowest BCUT2D eigenvalue weighted by atomic mass is 9.99. The number of nitrogens with zero attached hydrogens (tertiary/aromatic N) is 1. The molecule has 2 aliphatic rings. The third kappa shape index (κ3) is 2.86. The fraction of sp³-hybridized carbons (Fsp3) is 0.929. The van der Waals surface area contributed by atoms with Gasteiger partial charge in [0.1, 0.15) is 0 Å². The predicted octanol–water partition coefficient (Wildman–Crippen LogP) is 1.75. The number of ether oxygens (including phenoxy) is 1. The highest BCUT2D eigenvalue weighted by Crippen LogP contribution is 2.21. The molecular formula is C14H26N2O2. The Morgan fingerprint density at radius 3 is 2.94 bits per heavy atom. The van der Waals surface area contributed by atoms with Crippen LogP contribution in [-0.2, 0) is 9.53 Å². The van der Waals surface area contributed by atoms with Crippen molar-refractivity contribution in [1.29, 1.82) is 0 Å². The number of rotatable bonds is 5. The summed E-state index contributed by atoms with van der Waals surface area (Å²) in [6.45, 7) is 8.08. The van der Waals surface area contributed by atoms with Crippen LogP contribution in [0.2, 0.25) is 0 Å². The lowest BCUT2D eigenvalue weighted by Crippen LogP contribution is -2.36. The van der Waals surface area contributed by atoms with E-state index in [9.17, 15) is 4.79 Å². The van der Waals surface area contributed by atoms with Gasteiger partial charge in [-0.25, -0.2) is 0 Å². The second kappa shape index (κ2) is 6.02. The van der Waals surface area contributed by atoms with Crippen LogP contribution in [0.3, 0.4) is 0 Å². The molecule has 18 heavy (non-hydrogen) atoms. The van der Waals surface area contributed by atoms with E-state index in [1.807, 2.05) is 4.90 Å². The molecule has 0 radical (unpaired) electrons. The zero-order chi connectivity index (χ0) is 13.1. The molecule has 1 N–H and O–H groups in total. The molecule has 2 saturated heterocycles. The summed E-state index contributed by atoms with van der Waals surface area (Å²) in [5.41, 5.74) is 0. The van der Waals surface area contributed by atoms with Gasteiger partial charge in [0.05, 0.1) is 18.3 Å². The maximum atomic E-state index is 12.3. The molecule has 2 heterocycles. The first-order valence-electron chi connectivity index (χ1n) is 7.31. The topological polar surface area (TPSA) is 41.6 Å². The molecule has 4 atom stereocenters. The van der Waals surface area contributed by atoms with E-state index in [2.05, 4.69) is 26.1 Å².